The Bertz CT molecular complexity index is 519. The highest BCUT2D eigenvalue weighted by Crippen LogP contribution is 2.21. The lowest BCUT2D eigenvalue weighted by Crippen LogP contribution is -2.46. The van der Waals surface area contributed by atoms with Gasteiger partial charge in [0, 0.05) is 32.2 Å². The highest BCUT2D eigenvalue weighted by molar-refractivity contribution is 6.35. The van der Waals surface area contributed by atoms with Gasteiger partial charge in [0.2, 0.25) is 0 Å². The molecule has 0 bridgehead atoms. The minimum Gasteiger partial charge on any atom is -0.371 e. The molecular formula is C17H25N3O3. The van der Waals surface area contributed by atoms with Crippen molar-refractivity contribution in [3.05, 3.63) is 35.9 Å². The quantitative estimate of drug-likeness (QED) is 0.784. The van der Waals surface area contributed by atoms with Gasteiger partial charge in [0.05, 0.1) is 12.7 Å². The fourth-order valence-electron chi connectivity index (χ4n) is 2.51. The van der Waals surface area contributed by atoms with Crippen molar-refractivity contribution in [3.63, 3.8) is 0 Å². The molecule has 126 valence electrons. The van der Waals surface area contributed by atoms with Crippen LogP contribution >= 0.6 is 0 Å². The number of hydrogen-bond donors (Lipinski definition) is 2. The maximum Gasteiger partial charge on any atom is 0.309 e. The Hall–Kier alpha value is -1.92. The fraction of sp³-hybridized carbons (Fsp3) is 0.529. The third-order valence-electron chi connectivity index (χ3n) is 3.66. The second kappa shape index (κ2) is 8.64. The molecule has 2 amide bonds. The van der Waals surface area contributed by atoms with Gasteiger partial charge in [-0.2, -0.15) is 0 Å². The van der Waals surface area contributed by atoms with Crippen molar-refractivity contribution >= 4 is 11.8 Å². The molecule has 1 saturated heterocycles. The second-order valence-corrected chi connectivity index (χ2v) is 5.95. The van der Waals surface area contributed by atoms with Crippen LogP contribution in [0, 0.1) is 0 Å². The summed E-state index contributed by atoms with van der Waals surface area (Å²) in [6, 6.07) is 10.1. The van der Waals surface area contributed by atoms with E-state index in [2.05, 4.69) is 27.7 Å². The minimum absolute atomic E-state index is 0.0425. The molecule has 2 rings (SSSR count). The van der Waals surface area contributed by atoms with Gasteiger partial charge in [-0.3, -0.25) is 14.5 Å². The molecule has 0 aromatic heterocycles. The van der Waals surface area contributed by atoms with E-state index in [1.165, 1.54) is 0 Å². The summed E-state index contributed by atoms with van der Waals surface area (Å²) in [6.45, 7) is 7.08. The summed E-state index contributed by atoms with van der Waals surface area (Å²) in [5.74, 6) is -1.16. The zero-order chi connectivity index (χ0) is 16.7. The van der Waals surface area contributed by atoms with Crippen LogP contribution in [-0.4, -0.2) is 55.5 Å². The minimum atomic E-state index is -0.580. The van der Waals surface area contributed by atoms with Crippen molar-refractivity contribution in [2.45, 2.75) is 26.0 Å². The molecule has 6 heteroatoms. The maximum absolute atomic E-state index is 11.6. The van der Waals surface area contributed by atoms with Gasteiger partial charge in [0.25, 0.3) is 0 Å². The van der Waals surface area contributed by atoms with E-state index < -0.39 is 11.8 Å². The first kappa shape index (κ1) is 17.4. The van der Waals surface area contributed by atoms with Crippen LogP contribution in [0.5, 0.6) is 0 Å². The smallest absolute Gasteiger partial charge is 0.309 e. The predicted octanol–water partition coefficient (Wildman–Crippen LogP) is 0.701. The van der Waals surface area contributed by atoms with Crippen molar-refractivity contribution in [1.82, 2.24) is 15.5 Å². The van der Waals surface area contributed by atoms with Crippen molar-refractivity contribution in [2.24, 2.45) is 0 Å². The van der Waals surface area contributed by atoms with E-state index in [1.54, 1.807) is 0 Å². The summed E-state index contributed by atoms with van der Waals surface area (Å²) in [7, 11) is 0. The van der Waals surface area contributed by atoms with E-state index in [4.69, 9.17) is 4.74 Å². The molecule has 0 spiro atoms. The molecule has 1 aliphatic rings. The summed E-state index contributed by atoms with van der Waals surface area (Å²) in [5.41, 5.74) is 1.16. The van der Waals surface area contributed by atoms with Gasteiger partial charge in [0.15, 0.2) is 0 Å². The Morgan fingerprint density at radius 3 is 2.70 bits per heavy atom. The lowest BCUT2D eigenvalue weighted by molar-refractivity contribution is -0.139. The number of ether oxygens (including phenoxy) is 1. The van der Waals surface area contributed by atoms with Crippen LogP contribution in [0.1, 0.15) is 25.5 Å². The number of morpholine rings is 1. The van der Waals surface area contributed by atoms with Gasteiger partial charge in [-0.15, -0.1) is 0 Å². The second-order valence-electron chi connectivity index (χ2n) is 5.95. The number of benzene rings is 1. The highest BCUT2D eigenvalue weighted by atomic mass is 16.5. The first-order chi connectivity index (χ1) is 11.1. The van der Waals surface area contributed by atoms with E-state index in [0.29, 0.717) is 19.7 Å². The topological polar surface area (TPSA) is 70.7 Å². The zero-order valence-corrected chi connectivity index (χ0v) is 13.7. The summed E-state index contributed by atoms with van der Waals surface area (Å²) >= 11 is 0. The summed E-state index contributed by atoms with van der Waals surface area (Å²) in [6.07, 6.45) is 0.0601. The Balaban J connectivity index is 1.73. The number of rotatable bonds is 5. The Morgan fingerprint density at radius 1 is 1.26 bits per heavy atom. The summed E-state index contributed by atoms with van der Waals surface area (Å²) in [4.78, 5) is 25.4. The molecule has 0 aliphatic carbocycles. The van der Waals surface area contributed by atoms with Gasteiger partial charge < -0.3 is 15.4 Å². The molecule has 0 radical (unpaired) electrons. The average molecular weight is 319 g/mol. The number of nitrogens with zero attached hydrogens (tertiary/aromatic N) is 1. The monoisotopic (exact) mass is 319 g/mol. The number of nitrogens with one attached hydrogen (secondary N) is 2. The summed E-state index contributed by atoms with van der Waals surface area (Å²) < 4.78 is 5.81. The van der Waals surface area contributed by atoms with Gasteiger partial charge in [0.1, 0.15) is 0 Å². The average Bonchev–Trinajstić information content (AvgIpc) is 2.55. The summed E-state index contributed by atoms with van der Waals surface area (Å²) in [5, 5.41) is 5.23. The van der Waals surface area contributed by atoms with Gasteiger partial charge in [-0.1, -0.05) is 30.3 Å². The van der Waals surface area contributed by atoms with Gasteiger partial charge in [-0.05, 0) is 19.4 Å². The Labute approximate surface area is 137 Å². The lowest BCUT2D eigenvalue weighted by atomic mass is 10.1. The first-order valence-corrected chi connectivity index (χ1v) is 8.04. The van der Waals surface area contributed by atoms with Crippen molar-refractivity contribution in [1.29, 1.82) is 0 Å². The number of amides is 2. The Kier molecular flexibility index (Phi) is 6.55. The molecule has 1 aromatic rings. The predicted molar refractivity (Wildman–Crippen MR) is 87.9 cm³/mol. The third kappa shape index (κ3) is 5.65. The molecule has 6 nitrogen and oxygen atoms in total. The number of carbonyl (C=O) groups is 2. The van der Waals surface area contributed by atoms with Crippen molar-refractivity contribution in [2.75, 3.05) is 32.8 Å². The standard InChI is InChI=1S/C17H25N3O3/c1-13(2)19-17(22)16(21)18-8-9-20-10-11-23-15(12-20)14-6-4-3-5-7-14/h3-7,13,15H,8-12H2,1-2H3,(H,18,21)(H,19,22). The van der Waals surface area contributed by atoms with Crippen LogP contribution in [0.3, 0.4) is 0 Å². The SMILES string of the molecule is CC(C)NC(=O)C(=O)NCCN1CCOC(c2ccccc2)C1. The van der Waals surface area contributed by atoms with Crippen molar-refractivity contribution in [3.8, 4) is 0 Å². The van der Waals surface area contributed by atoms with Gasteiger partial charge >= 0.3 is 11.8 Å². The van der Waals surface area contributed by atoms with Crippen LogP contribution < -0.4 is 10.6 Å². The van der Waals surface area contributed by atoms with Crippen LogP contribution in [0.4, 0.5) is 0 Å². The molecule has 0 saturated carbocycles. The van der Waals surface area contributed by atoms with Crippen LogP contribution in [0.2, 0.25) is 0 Å². The molecule has 1 unspecified atom stereocenters. The van der Waals surface area contributed by atoms with E-state index in [-0.39, 0.29) is 12.1 Å². The molecule has 2 N–H and O–H groups in total. The number of carbonyl (C=O) groups excluding carboxylic acids is 2. The number of hydrogen-bond acceptors (Lipinski definition) is 4. The molecule has 1 atom stereocenters. The van der Waals surface area contributed by atoms with E-state index in [0.717, 1.165) is 18.7 Å². The van der Waals surface area contributed by atoms with Crippen LogP contribution in [0.25, 0.3) is 0 Å². The van der Waals surface area contributed by atoms with E-state index in [9.17, 15) is 9.59 Å². The van der Waals surface area contributed by atoms with E-state index >= 15 is 0 Å². The maximum atomic E-state index is 11.6. The normalized spacial score (nSPS) is 18.7. The molecular weight excluding hydrogens is 294 g/mol. The van der Waals surface area contributed by atoms with Gasteiger partial charge in [-0.25, -0.2) is 0 Å². The fourth-order valence-corrected chi connectivity index (χ4v) is 2.51. The third-order valence-corrected chi connectivity index (χ3v) is 3.66. The van der Waals surface area contributed by atoms with E-state index in [1.807, 2.05) is 32.0 Å². The van der Waals surface area contributed by atoms with Crippen LogP contribution in [-0.2, 0) is 14.3 Å². The molecule has 1 aromatic carbocycles. The first-order valence-electron chi connectivity index (χ1n) is 8.04. The highest BCUT2D eigenvalue weighted by Gasteiger charge is 2.22. The molecule has 1 heterocycles. The largest absolute Gasteiger partial charge is 0.371 e. The molecule has 1 aliphatic heterocycles. The zero-order valence-electron chi connectivity index (χ0n) is 13.7. The lowest BCUT2D eigenvalue weighted by Gasteiger charge is -2.33. The molecule has 23 heavy (non-hydrogen) atoms. The van der Waals surface area contributed by atoms with Crippen molar-refractivity contribution < 1.29 is 14.3 Å². The molecule has 1 fully saturated rings. The van der Waals surface area contributed by atoms with Crippen LogP contribution in [0.15, 0.2) is 30.3 Å². The Morgan fingerprint density at radius 2 is 2.00 bits per heavy atom.